The maximum absolute atomic E-state index is 12.6. The van der Waals surface area contributed by atoms with Crippen LogP contribution in [-0.2, 0) is 19.6 Å². The predicted molar refractivity (Wildman–Crippen MR) is 116 cm³/mol. The van der Waals surface area contributed by atoms with Gasteiger partial charge in [-0.3, -0.25) is 4.79 Å². The Kier molecular flexibility index (Phi) is 9.29. The van der Waals surface area contributed by atoms with Crippen LogP contribution < -0.4 is 14.8 Å². The summed E-state index contributed by atoms with van der Waals surface area (Å²) >= 11 is 0. The van der Waals surface area contributed by atoms with Gasteiger partial charge in [0, 0.05) is 19.2 Å². The highest BCUT2D eigenvalue weighted by Crippen LogP contribution is 2.19. The summed E-state index contributed by atoms with van der Waals surface area (Å²) in [5.41, 5.74) is 0.878. The summed E-state index contributed by atoms with van der Waals surface area (Å²) < 4.78 is 38.6. The lowest BCUT2D eigenvalue weighted by atomic mass is 10.1. The van der Waals surface area contributed by atoms with Gasteiger partial charge in [-0.05, 0) is 57.0 Å². The average molecular weight is 435 g/mol. The summed E-state index contributed by atoms with van der Waals surface area (Å²) in [6.07, 6.45) is 0.901. The van der Waals surface area contributed by atoms with Crippen LogP contribution in [0.15, 0.2) is 59.5 Å². The number of carbonyl (C=O) groups excluding carboxylic acids is 1. The van der Waals surface area contributed by atoms with E-state index in [-0.39, 0.29) is 29.6 Å². The molecule has 2 aromatic carbocycles. The number of sulfonamides is 1. The second-order valence-electron chi connectivity index (χ2n) is 7.14. The van der Waals surface area contributed by atoms with E-state index < -0.39 is 10.0 Å². The van der Waals surface area contributed by atoms with Crippen LogP contribution in [0.2, 0.25) is 0 Å². The molecule has 0 aliphatic rings. The van der Waals surface area contributed by atoms with Crippen molar-refractivity contribution < 1.29 is 22.7 Å². The van der Waals surface area contributed by atoms with E-state index in [2.05, 4.69) is 10.0 Å². The van der Waals surface area contributed by atoms with Gasteiger partial charge in [-0.25, -0.2) is 13.1 Å². The molecule has 1 atom stereocenters. The van der Waals surface area contributed by atoms with E-state index in [4.69, 9.17) is 9.47 Å². The minimum atomic E-state index is -3.68. The monoisotopic (exact) mass is 434 g/mol. The number of carbonyl (C=O) groups is 1. The van der Waals surface area contributed by atoms with Crippen LogP contribution in [-0.4, -0.2) is 40.2 Å². The third kappa shape index (κ3) is 8.14. The minimum absolute atomic E-state index is 0.132. The first-order valence-corrected chi connectivity index (χ1v) is 11.4. The van der Waals surface area contributed by atoms with E-state index in [1.807, 2.05) is 44.2 Å². The Morgan fingerprint density at radius 2 is 1.67 bits per heavy atom. The third-order valence-electron chi connectivity index (χ3n) is 4.23. The summed E-state index contributed by atoms with van der Waals surface area (Å²) in [6.45, 7) is 6.67. The van der Waals surface area contributed by atoms with E-state index in [9.17, 15) is 13.2 Å². The van der Waals surface area contributed by atoms with E-state index >= 15 is 0 Å². The van der Waals surface area contributed by atoms with Gasteiger partial charge in [0.25, 0.3) is 5.91 Å². The molecule has 30 heavy (non-hydrogen) atoms. The molecule has 2 aromatic rings. The second-order valence-corrected chi connectivity index (χ2v) is 8.85. The molecule has 1 amide bonds. The summed E-state index contributed by atoms with van der Waals surface area (Å²) in [7, 11) is -3.68. The Hall–Kier alpha value is -2.42. The number of benzene rings is 2. The number of ether oxygens (including phenoxy) is 2. The molecule has 0 fully saturated rings. The molecule has 8 heteroatoms. The highest BCUT2D eigenvalue weighted by atomic mass is 32.2. The fraction of sp³-hybridized carbons (Fsp3) is 0.409. The van der Waals surface area contributed by atoms with E-state index in [0.29, 0.717) is 18.9 Å². The molecule has 0 unspecified atom stereocenters. The number of nitrogens with one attached hydrogen (secondary N) is 2. The Bertz CT molecular complexity index is 884. The molecular weight excluding hydrogens is 404 g/mol. The average Bonchev–Trinajstić information content (AvgIpc) is 2.72. The molecule has 0 spiro atoms. The standard InChI is InChI=1S/C22H30N2O5S/c1-17(2)28-15-7-14-23-22(25)16-29-20-10-12-21(13-11-20)30(26,27)24-18(3)19-8-5-4-6-9-19/h4-6,8-13,17-18,24H,7,14-16H2,1-3H3,(H,23,25)/t18-/m0/s1. The van der Waals surface area contributed by atoms with Crippen molar-refractivity contribution in [2.24, 2.45) is 0 Å². The Labute approximate surface area is 178 Å². The van der Waals surface area contributed by atoms with Crippen LogP contribution in [0.3, 0.4) is 0 Å². The molecule has 7 nitrogen and oxygen atoms in total. The lowest BCUT2D eigenvalue weighted by Gasteiger charge is -2.15. The molecule has 0 saturated heterocycles. The van der Waals surface area contributed by atoms with Crippen molar-refractivity contribution in [1.29, 1.82) is 0 Å². The summed E-state index contributed by atoms with van der Waals surface area (Å²) in [5.74, 6) is 0.179. The van der Waals surface area contributed by atoms with Gasteiger partial charge >= 0.3 is 0 Å². The molecule has 0 aliphatic carbocycles. The largest absolute Gasteiger partial charge is 0.484 e. The summed E-state index contributed by atoms with van der Waals surface area (Å²) in [4.78, 5) is 11.9. The van der Waals surface area contributed by atoms with Crippen molar-refractivity contribution in [3.63, 3.8) is 0 Å². The van der Waals surface area contributed by atoms with Crippen molar-refractivity contribution in [3.05, 3.63) is 60.2 Å². The molecule has 0 saturated carbocycles. The molecule has 164 valence electrons. The zero-order valence-electron chi connectivity index (χ0n) is 17.6. The second kappa shape index (κ2) is 11.7. The zero-order valence-corrected chi connectivity index (χ0v) is 18.4. The summed E-state index contributed by atoms with van der Waals surface area (Å²) in [5, 5.41) is 2.75. The van der Waals surface area contributed by atoms with Gasteiger partial charge in [0.2, 0.25) is 10.0 Å². The highest BCUT2D eigenvalue weighted by molar-refractivity contribution is 7.89. The van der Waals surface area contributed by atoms with Gasteiger partial charge in [-0.2, -0.15) is 0 Å². The van der Waals surface area contributed by atoms with Crippen LogP contribution in [0.25, 0.3) is 0 Å². The molecule has 0 aromatic heterocycles. The van der Waals surface area contributed by atoms with Crippen LogP contribution >= 0.6 is 0 Å². The first-order valence-electron chi connectivity index (χ1n) is 9.96. The number of rotatable bonds is 12. The van der Waals surface area contributed by atoms with Gasteiger partial charge in [0.15, 0.2) is 6.61 Å². The fourth-order valence-corrected chi connectivity index (χ4v) is 3.88. The number of amides is 1. The minimum Gasteiger partial charge on any atom is -0.484 e. The van der Waals surface area contributed by atoms with E-state index in [0.717, 1.165) is 12.0 Å². The topological polar surface area (TPSA) is 93.7 Å². The van der Waals surface area contributed by atoms with E-state index in [1.54, 1.807) is 6.92 Å². The summed E-state index contributed by atoms with van der Waals surface area (Å²) in [6, 6.07) is 15.0. The Balaban J connectivity index is 1.80. The van der Waals surface area contributed by atoms with Crippen LogP contribution in [0.1, 0.15) is 38.8 Å². The smallest absolute Gasteiger partial charge is 0.257 e. The lowest BCUT2D eigenvalue weighted by molar-refractivity contribution is -0.123. The van der Waals surface area contributed by atoms with Crippen molar-refractivity contribution in [3.8, 4) is 5.75 Å². The van der Waals surface area contributed by atoms with Crippen molar-refractivity contribution in [2.45, 2.75) is 44.2 Å². The molecule has 2 N–H and O–H groups in total. The molecular formula is C22H30N2O5S. The van der Waals surface area contributed by atoms with E-state index in [1.165, 1.54) is 24.3 Å². The Morgan fingerprint density at radius 3 is 2.30 bits per heavy atom. The van der Waals surface area contributed by atoms with Crippen LogP contribution in [0.4, 0.5) is 0 Å². The van der Waals surface area contributed by atoms with Gasteiger partial charge < -0.3 is 14.8 Å². The van der Waals surface area contributed by atoms with Crippen molar-refractivity contribution >= 4 is 15.9 Å². The van der Waals surface area contributed by atoms with Crippen LogP contribution in [0.5, 0.6) is 5.75 Å². The molecule has 0 radical (unpaired) electrons. The van der Waals surface area contributed by atoms with Gasteiger partial charge in [-0.1, -0.05) is 30.3 Å². The quantitative estimate of drug-likeness (QED) is 0.501. The highest BCUT2D eigenvalue weighted by Gasteiger charge is 2.18. The Morgan fingerprint density at radius 1 is 1.00 bits per heavy atom. The lowest BCUT2D eigenvalue weighted by Crippen LogP contribution is -2.30. The molecule has 0 heterocycles. The SMILES string of the molecule is CC(C)OCCCNC(=O)COc1ccc(S(=O)(=O)N[C@@H](C)c2ccccc2)cc1. The van der Waals surface area contributed by atoms with Gasteiger partial charge in [0.1, 0.15) is 5.75 Å². The molecule has 0 aliphatic heterocycles. The third-order valence-corrected chi connectivity index (χ3v) is 5.79. The maximum Gasteiger partial charge on any atom is 0.257 e. The number of hydrogen-bond acceptors (Lipinski definition) is 5. The van der Waals surface area contributed by atoms with Crippen molar-refractivity contribution in [2.75, 3.05) is 19.8 Å². The molecule has 0 bridgehead atoms. The zero-order chi connectivity index (χ0) is 22.0. The normalized spacial score (nSPS) is 12.5. The first kappa shape index (κ1) is 23.9. The van der Waals surface area contributed by atoms with Crippen LogP contribution in [0, 0.1) is 0 Å². The van der Waals surface area contributed by atoms with Gasteiger partial charge in [-0.15, -0.1) is 0 Å². The fourth-order valence-electron chi connectivity index (χ4n) is 2.64. The predicted octanol–water partition coefficient (Wildman–Crippen LogP) is 3.04. The first-order chi connectivity index (χ1) is 14.3. The molecule has 2 rings (SSSR count). The van der Waals surface area contributed by atoms with Crippen molar-refractivity contribution in [1.82, 2.24) is 10.0 Å². The maximum atomic E-state index is 12.6. The number of hydrogen-bond donors (Lipinski definition) is 2. The van der Waals surface area contributed by atoms with Gasteiger partial charge in [0.05, 0.1) is 11.0 Å².